The molecule has 1 aliphatic rings. The predicted molar refractivity (Wildman–Crippen MR) is 64.9 cm³/mol. The molecule has 1 atom stereocenters. The largest absolute Gasteiger partial charge is 0.379 e. The maximum atomic E-state index is 6.16. The van der Waals surface area contributed by atoms with E-state index in [1.165, 1.54) is 32.1 Å². The molecule has 1 fully saturated rings. The van der Waals surface area contributed by atoms with Crippen LogP contribution in [-0.4, -0.2) is 18.8 Å². The summed E-state index contributed by atoms with van der Waals surface area (Å²) in [5.74, 6) is 0.908. The van der Waals surface area contributed by atoms with Crippen molar-refractivity contribution in [3.05, 3.63) is 0 Å². The van der Waals surface area contributed by atoms with Gasteiger partial charge in [0.05, 0.1) is 5.60 Å². The van der Waals surface area contributed by atoms with Crippen LogP contribution in [0.3, 0.4) is 0 Å². The number of methoxy groups -OCH3 is 1. The van der Waals surface area contributed by atoms with Crippen LogP contribution in [0.4, 0.5) is 0 Å². The molecule has 2 N–H and O–H groups in total. The third kappa shape index (κ3) is 4.98. The van der Waals surface area contributed by atoms with Gasteiger partial charge in [-0.15, -0.1) is 0 Å². The van der Waals surface area contributed by atoms with Gasteiger partial charge >= 0.3 is 0 Å². The van der Waals surface area contributed by atoms with E-state index >= 15 is 0 Å². The Morgan fingerprint density at radius 3 is 2.47 bits per heavy atom. The van der Waals surface area contributed by atoms with Gasteiger partial charge in [-0.2, -0.15) is 0 Å². The van der Waals surface area contributed by atoms with E-state index in [1.807, 2.05) is 0 Å². The Morgan fingerprint density at radius 2 is 1.93 bits per heavy atom. The van der Waals surface area contributed by atoms with Gasteiger partial charge in [-0.1, -0.05) is 25.7 Å². The summed E-state index contributed by atoms with van der Waals surface area (Å²) in [6.07, 6.45) is 9.03. The average molecular weight is 213 g/mol. The molecule has 2 nitrogen and oxygen atoms in total. The van der Waals surface area contributed by atoms with E-state index in [2.05, 4.69) is 13.8 Å². The lowest BCUT2D eigenvalue weighted by molar-refractivity contribution is 0.0121. The first-order chi connectivity index (χ1) is 7.03. The topological polar surface area (TPSA) is 35.2 Å². The highest BCUT2D eigenvalue weighted by atomic mass is 16.5. The molecule has 0 aromatic carbocycles. The summed E-state index contributed by atoms with van der Waals surface area (Å²) in [6.45, 7) is 4.27. The summed E-state index contributed by atoms with van der Waals surface area (Å²) in [5, 5.41) is 0. The van der Waals surface area contributed by atoms with E-state index in [0.717, 1.165) is 18.8 Å². The van der Waals surface area contributed by atoms with Gasteiger partial charge in [0.2, 0.25) is 0 Å². The van der Waals surface area contributed by atoms with Crippen LogP contribution in [0.25, 0.3) is 0 Å². The zero-order valence-electron chi connectivity index (χ0n) is 10.6. The maximum Gasteiger partial charge on any atom is 0.0623 e. The fraction of sp³-hybridized carbons (Fsp3) is 1.00. The fourth-order valence-corrected chi connectivity index (χ4v) is 2.43. The minimum Gasteiger partial charge on any atom is -0.379 e. The summed E-state index contributed by atoms with van der Waals surface area (Å²) in [7, 11) is 1.78. The normalized spacial score (nSPS) is 20.8. The molecule has 0 aliphatic heterocycles. The van der Waals surface area contributed by atoms with Crippen LogP contribution >= 0.6 is 0 Å². The standard InChI is InChI=1S/C13H27NO/c1-13(2,15-3)9-8-12(14)10-11-6-4-5-7-11/h11-12H,4-10,14H2,1-3H3. The highest BCUT2D eigenvalue weighted by Gasteiger charge is 2.21. The zero-order valence-corrected chi connectivity index (χ0v) is 10.6. The third-order valence-electron chi connectivity index (χ3n) is 3.78. The van der Waals surface area contributed by atoms with Crippen molar-refractivity contribution >= 4 is 0 Å². The van der Waals surface area contributed by atoms with Crippen LogP contribution in [0.5, 0.6) is 0 Å². The molecule has 0 aromatic heterocycles. The van der Waals surface area contributed by atoms with Gasteiger partial charge in [0.1, 0.15) is 0 Å². The SMILES string of the molecule is COC(C)(C)CCC(N)CC1CCCC1. The van der Waals surface area contributed by atoms with E-state index in [-0.39, 0.29) is 5.60 Å². The van der Waals surface area contributed by atoms with E-state index in [4.69, 9.17) is 10.5 Å². The number of ether oxygens (including phenoxy) is 1. The Morgan fingerprint density at radius 1 is 1.33 bits per heavy atom. The van der Waals surface area contributed by atoms with Crippen molar-refractivity contribution < 1.29 is 4.74 Å². The van der Waals surface area contributed by atoms with Gasteiger partial charge in [0.25, 0.3) is 0 Å². The lowest BCUT2D eigenvalue weighted by Gasteiger charge is -2.25. The molecule has 0 radical (unpaired) electrons. The van der Waals surface area contributed by atoms with Gasteiger partial charge in [-0.25, -0.2) is 0 Å². The summed E-state index contributed by atoms with van der Waals surface area (Å²) >= 11 is 0. The second-order valence-corrected chi connectivity index (χ2v) is 5.65. The zero-order chi connectivity index (χ0) is 11.3. The highest BCUT2D eigenvalue weighted by molar-refractivity contribution is 4.76. The van der Waals surface area contributed by atoms with Crippen molar-refractivity contribution in [2.75, 3.05) is 7.11 Å². The average Bonchev–Trinajstić information content (AvgIpc) is 2.68. The first-order valence-electron chi connectivity index (χ1n) is 6.34. The molecule has 1 rings (SSSR count). The smallest absolute Gasteiger partial charge is 0.0623 e. The van der Waals surface area contributed by atoms with Crippen LogP contribution in [0.15, 0.2) is 0 Å². The molecule has 15 heavy (non-hydrogen) atoms. The Balaban J connectivity index is 2.15. The second kappa shape index (κ2) is 5.86. The molecule has 0 bridgehead atoms. The van der Waals surface area contributed by atoms with E-state index < -0.39 is 0 Å². The van der Waals surface area contributed by atoms with Crippen molar-refractivity contribution in [3.8, 4) is 0 Å². The van der Waals surface area contributed by atoms with Gasteiger partial charge in [0.15, 0.2) is 0 Å². The van der Waals surface area contributed by atoms with E-state index in [1.54, 1.807) is 7.11 Å². The lowest BCUT2D eigenvalue weighted by atomic mass is 9.92. The number of nitrogens with two attached hydrogens (primary N) is 1. The van der Waals surface area contributed by atoms with Crippen molar-refractivity contribution in [1.82, 2.24) is 0 Å². The van der Waals surface area contributed by atoms with Crippen LogP contribution in [0, 0.1) is 5.92 Å². The Hall–Kier alpha value is -0.0800. The molecule has 90 valence electrons. The van der Waals surface area contributed by atoms with Gasteiger partial charge < -0.3 is 10.5 Å². The van der Waals surface area contributed by atoms with Crippen molar-refractivity contribution in [3.63, 3.8) is 0 Å². The molecular formula is C13H27NO. The summed E-state index contributed by atoms with van der Waals surface area (Å²) in [4.78, 5) is 0. The molecule has 0 saturated heterocycles. The van der Waals surface area contributed by atoms with Gasteiger partial charge in [-0.05, 0) is 39.0 Å². The summed E-state index contributed by atoms with van der Waals surface area (Å²) in [6, 6.07) is 0.377. The molecule has 0 aromatic rings. The molecule has 2 heteroatoms. The first kappa shape index (κ1) is 13.0. The van der Waals surface area contributed by atoms with Crippen molar-refractivity contribution in [2.24, 2.45) is 11.7 Å². The summed E-state index contributed by atoms with van der Waals surface area (Å²) in [5.41, 5.74) is 6.15. The van der Waals surface area contributed by atoms with Crippen molar-refractivity contribution in [2.45, 2.75) is 70.4 Å². The quantitative estimate of drug-likeness (QED) is 0.736. The Labute approximate surface area is 94.6 Å². The molecule has 1 aliphatic carbocycles. The van der Waals surface area contributed by atoms with Crippen LogP contribution < -0.4 is 5.73 Å². The first-order valence-corrected chi connectivity index (χ1v) is 6.34. The molecular weight excluding hydrogens is 186 g/mol. The Kier molecular flexibility index (Phi) is 5.07. The van der Waals surface area contributed by atoms with Gasteiger partial charge in [-0.3, -0.25) is 0 Å². The Bertz CT molecular complexity index is 173. The molecule has 0 amide bonds. The van der Waals surface area contributed by atoms with Crippen LogP contribution in [-0.2, 0) is 4.74 Å². The second-order valence-electron chi connectivity index (χ2n) is 5.65. The van der Waals surface area contributed by atoms with E-state index in [9.17, 15) is 0 Å². The number of hydrogen-bond donors (Lipinski definition) is 1. The molecule has 1 unspecified atom stereocenters. The highest BCUT2D eigenvalue weighted by Crippen LogP contribution is 2.29. The molecule has 1 saturated carbocycles. The minimum atomic E-state index is -0.00665. The maximum absolute atomic E-state index is 6.16. The number of hydrogen-bond acceptors (Lipinski definition) is 2. The number of rotatable bonds is 6. The molecule has 0 heterocycles. The van der Waals surface area contributed by atoms with E-state index in [0.29, 0.717) is 6.04 Å². The monoisotopic (exact) mass is 213 g/mol. The van der Waals surface area contributed by atoms with Crippen molar-refractivity contribution in [1.29, 1.82) is 0 Å². The fourth-order valence-electron chi connectivity index (χ4n) is 2.43. The van der Waals surface area contributed by atoms with Crippen LogP contribution in [0.2, 0.25) is 0 Å². The lowest BCUT2D eigenvalue weighted by Crippen LogP contribution is -2.29. The van der Waals surface area contributed by atoms with Crippen LogP contribution in [0.1, 0.15) is 58.8 Å². The predicted octanol–water partition coefficient (Wildman–Crippen LogP) is 3.10. The third-order valence-corrected chi connectivity index (χ3v) is 3.78. The minimum absolute atomic E-state index is 0.00665. The molecule has 0 spiro atoms. The summed E-state index contributed by atoms with van der Waals surface area (Å²) < 4.78 is 5.40. The van der Waals surface area contributed by atoms with Gasteiger partial charge in [0, 0.05) is 13.2 Å².